The van der Waals surface area contributed by atoms with Crippen LogP contribution in [0.2, 0.25) is 0 Å². The summed E-state index contributed by atoms with van der Waals surface area (Å²) in [4.78, 5) is 14.8. The summed E-state index contributed by atoms with van der Waals surface area (Å²) in [6, 6.07) is 7.28. The first kappa shape index (κ1) is 15.7. The van der Waals surface area contributed by atoms with Crippen LogP contribution in [-0.4, -0.2) is 24.4 Å². The van der Waals surface area contributed by atoms with Crippen LogP contribution in [-0.2, 0) is 4.74 Å². The molecule has 4 nitrogen and oxygen atoms in total. The zero-order valence-electron chi connectivity index (χ0n) is 11.1. The molecule has 0 aliphatic carbocycles. The highest BCUT2D eigenvalue weighted by Gasteiger charge is 2.31. The summed E-state index contributed by atoms with van der Waals surface area (Å²) in [5, 5.41) is 0. The number of ether oxygens (including phenoxy) is 2. The van der Waals surface area contributed by atoms with Crippen molar-refractivity contribution in [3.63, 3.8) is 0 Å². The summed E-state index contributed by atoms with van der Waals surface area (Å²) in [6.45, 7) is 0. The molecule has 0 bridgehead atoms. The van der Waals surface area contributed by atoms with Crippen LogP contribution in [0.25, 0.3) is 11.3 Å². The topological polar surface area (TPSA) is 48.4 Å². The van der Waals surface area contributed by atoms with Crippen molar-refractivity contribution in [2.24, 2.45) is 0 Å². The Balaban J connectivity index is 2.25. The second kappa shape index (κ2) is 6.00. The third kappa shape index (κ3) is 3.72. The average molecular weight is 315 g/mol. The lowest BCUT2D eigenvalue weighted by molar-refractivity contribution is -0.274. The number of rotatable bonds is 3. The van der Waals surface area contributed by atoms with E-state index in [2.05, 4.69) is 14.5 Å². The zero-order valence-corrected chi connectivity index (χ0v) is 11.1. The maximum absolute atomic E-state index is 13.7. The quantitative estimate of drug-likeness (QED) is 0.493. The van der Waals surface area contributed by atoms with E-state index in [-0.39, 0.29) is 11.3 Å². The number of alkyl halides is 3. The van der Waals surface area contributed by atoms with Gasteiger partial charge in [0.25, 0.3) is 0 Å². The fourth-order valence-corrected chi connectivity index (χ4v) is 1.68. The van der Waals surface area contributed by atoms with Gasteiger partial charge in [-0.15, -0.1) is 13.2 Å². The Hall–Kier alpha value is -2.64. The van der Waals surface area contributed by atoms with Gasteiger partial charge in [-0.05, 0) is 36.4 Å². The average Bonchev–Trinajstić information content (AvgIpc) is 2.45. The Bertz CT molecular complexity index is 683. The monoisotopic (exact) mass is 315 g/mol. The first-order valence-electron chi connectivity index (χ1n) is 5.91. The molecule has 2 aromatic rings. The summed E-state index contributed by atoms with van der Waals surface area (Å²) in [5.41, 5.74) is 0.192. The molecule has 0 aliphatic heterocycles. The molecule has 0 amide bonds. The highest BCUT2D eigenvalue weighted by Crippen LogP contribution is 2.26. The number of hydrogen-bond acceptors (Lipinski definition) is 4. The minimum atomic E-state index is -4.78. The van der Waals surface area contributed by atoms with E-state index < -0.39 is 24.0 Å². The van der Waals surface area contributed by atoms with Crippen molar-refractivity contribution in [1.82, 2.24) is 4.98 Å². The van der Waals surface area contributed by atoms with E-state index in [1.165, 1.54) is 24.3 Å². The number of methoxy groups -OCH3 is 1. The third-order valence-corrected chi connectivity index (χ3v) is 2.64. The maximum atomic E-state index is 13.7. The predicted octanol–water partition coefficient (Wildman–Crippen LogP) is 3.57. The fourth-order valence-electron chi connectivity index (χ4n) is 1.68. The molecule has 0 aliphatic rings. The van der Waals surface area contributed by atoms with Gasteiger partial charge in [0.2, 0.25) is 5.95 Å². The maximum Gasteiger partial charge on any atom is 0.573 e. The lowest BCUT2D eigenvalue weighted by Crippen LogP contribution is -2.16. The second-order valence-electron chi connectivity index (χ2n) is 4.10. The van der Waals surface area contributed by atoms with E-state index in [9.17, 15) is 22.4 Å². The van der Waals surface area contributed by atoms with Crippen LogP contribution in [0, 0.1) is 5.95 Å². The fraction of sp³-hybridized carbons (Fsp3) is 0.143. The lowest BCUT2D eigenvalue weighted by Gasteiger charge is -2.09. The largest absolute Gasteiger partial charge is 0.573 e. The zero-order chi connectivity index (χ0) is 16.3. The Morgan fingerprint density at radius 2 is 1.73 bits per heavy atom. The molecule has 0 atom stereocenters. The van der Waals surface area contributed by atoms with Crippen molar-refractivity contribution < 1.29 is 31.8 Å². The van der Waals surface area contributed by atoms with Crippen molar-refractivity contribution >= 4 is 5.97 Å². The molecule has 0 saturated carbocycles. The van der Waals surface area contributed by atoms with Crippen molar-refractivity contribution in [2.75, 3.05) is 7.11 Å². The number of benzene rings is 1. The Morgan fingerprint density at radius 3 is 2.23 bits per heavy atom. The van der Waals surface area contributed by atoms with E-state index in [1.807, 2.05) is 0 Å². The van der Waals surface area contributed by atoms with Gasteiger partial charge in [-0.3, -0.25) is 0 Å². The van der Waals surface area contributed by atoms with Gasteiger partial charge in [-0.1, -0.05) is 0 Å². The number of esters is 1. The molecule has 1 heterocycles. The summed E-state index contributed by atoms with van der Waals surface area (Å²) in [6.07, 6.45) is -4.78. The number of hydrogen-bond donors (Lipinski definition) is 0. The number of halogens is 4. The highest BCUT2D eigenvalue weighted by atomic mass is 19.4. The second-order valence-corrected chi connectivity index (χ2v) is 4.10. The lowest BCUT2D eigenvalue weighted by atomic mass is 10.1. The van der Waals surface area contributed by atoms with Gasteiger partial charge in [-0.25, -0.2) is 9.78 Å². The summed E-state index contributed by atoms with van der Waals surface area (Å²) in [5.74, 6) is -2.30. The molecule has 8 heteroatoms. The minimum absolute atomic E-state index is 0.156. The van der Waals surface area contributed by atoms with Crippen LogP contribution < -0.4 is 4.74 Å². The molecule has 0 unspecified atom stereocenters. The van der Waals surface area contributed by atoms with E-state index >= 15 is 0 Å². The molecule has 0 N–H and O–H groups in total. The highest BCUT2D eigenvalue weighted by molar-refractivity contribution is 5.89. The van der Waals surface area contributed by atoms with Gasteiger partial charge in [0.1, 0.15) is 11.3 Å². The number of pyridine rings is 1. The Kier molecular flexibility index (Phi) is 4.30. The van der Waals surface area contributed by atoms with E-state index in [0.717, 1.165) is 19.2 Å². The summed E-state index contributed by atoms with van der Waals surface area (Å²) in [7, 11) is 1.11. The Labute approximate surface area is 122 Å². The molecular formula is C14H9F4NO3. The molecule has 0 fully saturated rings. The smallest absolute Gasteiger partial charge is 0.465 e. The van der Waals surface area contributed by atoms with Crippen molar-refractivity contribution in [2.45, 2.75) is 6.36 Å². The van der Waals surface area contributed by atoms with Crippen LogP contribution in [0.5, 0.6) is 5.75 Å². The van der Waals surface area contributed by atoms with Crippen LogP contribution in [0.3, 0.4) is 0 Å². The minimum Gasteiger partial charge on any atom is -0.465 e. The summed E-state index contributed by atoms with van der Waals surface area (Å²) >= 11 is 0. The number of nitrogens with zero attached hydrogens (tertiary/aromatic N) is 1. The van der Waals surface area contributed by atoms with E-state index in [0.29, 0.717) is 5.56 Å². The van der Waals surface area contributed by atoms with E-state index in [4.69, 9.17) is 0 Å². The number of aromatic nitrogens is 1. The van der Waals surface area contributed by atoms with Crippen molar-refractivity contribution in [3.05, 3.63) is 47.9 Å². The van der Waals surface area contributed by atoms with Crippen molar-refractivity contribution in [3.8, 4) is 17.0 Å². The van der Waals surface area contributed by atoms with Gasteiger partial charge in [-0.2, -0.15) is 4.39 Å². The standard InChI is InChI=1S/C14H9F4NO3/c1-21-13(20)10-6-7-11(19-12(10)15)8-2-4-9(5-3-8)22-14(16,17)18/h2-7H,1H3. The first-order chi connectivity index (χ1) is 10.3. The molecule has 1 aromatic heterocycles. The van der Waals surface area contributed by atoms with Crippen LogP contribution >= 0.6 is 0 Å². The van der Waals surface area contributed by atoms with E-state index in [1.54, 1.807) is 0 Å². The van der Waals surface area contributed by atoms with Crippen LogP contribution in [0.15, 0.2) is 36.4 Å². The Morgan fingerprint density at radius 1 is 1.09 bits per heavy atom. The molecule has 0 radical (unpaired) electrons. The molecule has 1 aromatic carbocycles. The number of carbonyl (C=O) groups excluding carboxylic acids is 1. The van der Waals surface area contributed by atoms with Crippen LogP contribution in [0.4, 0.5) is 17.6 Å². The van der Waals surface area contributed by atoms with Crippen molar-refractivity contribution in [1.29, 1.82) is 0 Å². The number of carbonyl (C=O) groups is 1. The normalized spacial score (nSPS) is 11.1. The van der Waals surface area contributed by atoms with Gasteiger partial charge in [0.15, 0.2) is 0 Å². The molecule has 0 spiro atoms. The van der Waals surface area contributed by atoms with Gasteiger partial charge in [0, 0.05) is 5.56 Å². The molecule has 22 heavy (non-hydrogen) atoms. The third-order valence-electron chi connectivity index (χ3n) is 2.64. The molecule has 2 rings (SSSR count). The van der Waals surface area contributed by atoms with Gasteiger partial charge < -0.3 is 9.47 Å². The molecule has 116 valence electrons. The predicted molar refractivity (Wildman–Crippen MR) is 67.7 cm³/mol. The van der Waals surface area contributed by atoms with Crippen LogP contribution in [0.1, 0.15) is 10.4 Å². The molecular weight excluding hydrogens is 306 g/mol. The summed E-state index contributed by atoms with van der Waals surface area (Å²) < 4.78 is 57.9. The molecule has 0 saturated heterocycles. The van der Waals surface area contributed by atoms with Gasteiger partial charge in [0.05, 0.1) is 12.8 Å². The first-order valence-corrected chi connectivity index (χ1v) is 5.91. The van der Waals surface area contributed by atoms with Gasteiger partial charge >= 0.3 is 12.3 Å². The SMILES string of the molecule is COC(=O)c1ccc(-c2ccc(OC(F)(F)F)cc2)nc1F.